The van der Waals surface area contributed by atoms with Crippen LogP contribution < -0.4 is 19.7 Å². The van der Waals surface area contributed by atoms with Crippen molar-refractivity contribution >= 4 is 17.3 Å². The van der Waals surface area contributed by atoms with Crippen LogP contribution in [0.15, 0.2) is 42.5 Å². The smallest absolute Gasteiger partial charge is 0.228 e. The average molecular weight is 314 g/mol. The number of benzene rings is 2. The van der Waals surface area contributed by atoms with E-state index in [0.717, 1.165) is 16.9 Å². The lowest BCUT2D eigenvalue weighted by molar-refractivity contribution is -0.115. The van der Waals surface area contributed by atoms with Crippen LogP contribution in [0.2, 0.25) is 0 Å². The van der Waals surface area contributed by atoms with Gasteiger partial charge in [0.25, 0.3) is 0 Å². The molecule has 0 fully saturated rings. The lowest BCUT2D eigenvalue weighted by Gasteiger charge is -2.13. The average Bonchev–Trinajstić information content (AvgIpc) is 2.55. The molecule has 0 atom stereocenters. The van der Waals surface area contributed by atoms with Crippen LogP contribution in [-0.4, -0.2) is 34.2 Å². The number of rotatable bonds is 6. The molecule has 0 bridgehead atoms. The number of anilines is 2. The van der Waals surface area contributed by atoms with Gasteiger partial charge >= 0.3 is 0 Å². The molecule has 23 heavy (non-hydrogen) atoms. The molecule has 0 aromatic heterocycles. The Labute approximate surface area is 136 Å². The second-order valence-corrected chi connectivity index (χ2v) is 5.34. The molecule has 0 aliphatic heterocycles. The van der Waals surface area contributed by atoms with Crippen molar-refractivity contribution in [3.8, 4) is 11.5 Å². The van der Waals surface area contributed by atoms with Gasteiger partial charge in [0.1, 0.15) is 11.5 Å². The number of hydrogen-bond donors (Lipinski definition) is 1. The van der Waals surface area contributed by atoms with Crippen LogP contribution in [-0.2, 0) is 11.2 Å². The first-order chi connectivity index (χ1) is 11.0. The fourth-order valence-electron chi connectivity index (χ4n) is 2.24. The van der Waals surface area contributed by atoms with E-state index >= 15 is 0 Å². The van der Waals surface area contributed by atoms with Gasteiger partial charge in [0.05, 0.1) is 20.6 Å². The minimum Gasteiger partial charge on any atom is -0.497 e. The Kier molecular flexibility index (Phi) is 5.46. The summed E-state index contributed by atoms with van der Waals surface area (Å²) in [4.78, 5) is 14.3. The predicted molar refractivity (Wildman–Crippen MR) is 92.6 cm³/mol. The number of carbonyl (C=O) groups excluding carboxylic acids is 1. The fraction of sp³-hybridized carbons (Fsp3) is 0.278. The molecule has 0 spiro atoms. The van der Waals surface area contributed by atoms with Gasteiger partial charge in [-0.1, -0.05) is 0 Å². The van der Waals surface area contributed by atoms with Gasteiger partial charge in [-0.2, -0.15) is 0 Å². The van der Waals surface area contributed by atoms with Crippen LogP contribution in [0.4, 0.5) is 11.4 Å². The maximum absolute atomic E-state index is 12.3. The molecule has 0 saturated carbocycles. The minimum absolute atomic E-state index is 0.103. The van der Waals surface area contributed by atoms with E-state index in [0.29, 0.717) is 11.5 Å². The molecule has 2 rings (SSSR count). The highest BCUT2D eigenvalue weighted by atomic mass is 16.5. The Morgan fingerprint density at radius 1 is 1.04 bits per heavy atom. The summed E-state index contributed by atoms with van der Waals surface area (Å²) in [5.74, 6) is 1.27. The third-order valence-corrected chi connectivity index (χ3v) is 3.51. The Balaban J connectivity index is 2.07. The second kappa shape index (κ2) is 7.54. The molecule has 1 N–H and O–H groups in total. The number of nitrogens with zero attached hydrogens (tertiary/aromatic N) is 1. The van der Waals surface area contributed by atoms with Gasteiger partial charge in [0, 0.05) is 31.0 Å². The van der Waals surface area contributed by atoms with Crippen LogP contribution in [0.3, 0.4) is 0 Å². The van der Waals surface area contributed by atoms with Crippen molar-refractivity contribution in [3.05, 3.63) is 48.0 Å². The van der Waals surface area contributed by atoms with Crippen molar-refractivity contribution < 1.29 is 14.3 Å². The van der Waals surface area contributed by atoms with Crippen LogP contribution in [0.25, 0.3) is 0 Å². The van der Waals surface area contributed by atoms with E-state index in [9.17, 15) is 4.79 Å². The molecule has 1 amide bonds. The van der Waals surface area contributed by atoms with Gasteiger partial charge in [0.2, 0.25) is 5.91 Å². The van der Waals surface area contributed by atoms with Gasteiger partial charge in [-0.05, 0) is 42.5 Å². The van der Waals surface area contributed by atoms with Crippen LogP contribution in [0.1, 0.15) is 5.56 Å². The summed E-state index contributed by atoms with van der Waals surface area (Å²) in [6, 6.07) is 13.1. The summed E-state index contributed by atoms with van der Waals surface area (Å²) in [6.07, 6.45) is 0.218. The summed E-state index contributed by atoms with van der Waals surface area (Å²) < 4.78 is 10.5. The van der Waals surface area contributed by atoms with Crippen molar-refractivity contribution in [1.29, 1.82) is 0 Å². The molecular weight excluding hydrogens is 292 g/mol. The number of methoxy groups -OCH3 is 2. The summed E-state index contributed by atoms with van der Waals surface area (Å²) in [7, 11) is 7.13. The molecule has 2 aromatic rings. The molecule has 5 nitrogen and oxygen atoms in total. The Morgan fingerprint density at radius 3 is 2.30 bits per heavy atom. The van der Waals surface area contributed by atoms with E-state index in [2.05, 4.69) is 5.32 Å². The molecule has 0 aliphatic carbocycles. The highest BCUT2D eigenvalue weighted by Gasteiger charge is 2.10. The van der Waals surface area contributed by atoms with Crippen LogP contribution in [0, 0.1) is 0 Å². The van der Waals surface area contributed by atoms with Crippen molar-refractivity contribution in [3.63, 3.8) is 0 Å². The summed E-state index contributed by atoms with van der Waals surface area (Å²) >= 11 is 0. The number of ether oxygens (including phenoxy) is 2. The van der Waals surface area contributed by atoms with Gasteiger partial charge in [-0.3, -0.25) is 4.79 Å². The van der Waals surface area contributed by atoms with Crippen LogP contribution >= 0.6 is 0 Å². The first kappa shape index (κ1) is 16.7. The number of hydrogen-bond acceptors (Lipinski definition) is 4. The molecule has 5 heteroatoms. The topological polar surface area (TPSA) is 50.8 Å². The number of carbonyl (C=O) groups is 1. The van der Waals surface area contributed by atoms with E-state index in [4.69, 9.17) is 9.47 Å². The standard InChI is InChI=1S/C18H22N2O3/c1-20(2)15-7-5-14(6-8-15)19-18(21)12-13-11-16(22-3)9-10-17(13)23-4/h5-11H,12H2,1-4H3,(H,19,21). The molecule has 0 heterocycles. The Morgan fingerprint density at radius 2 is 1.74 bits per heavy atom. The maximum Gasteiger partial charge on any atom is 0.228 e. The van der Waals surface area contributed by atoms with E-state index < -0.39 is 0 Å². The third kappa shape index (κ3) is 4.39. The normalized spacial score (nSPS) is 10.1. The zero-order valence-corrected chi connectivity index (χ0v) is 13.9. The summed E-state index contributed by atoms with van der Waals surface area (Å²) in [5, 5.41) is 2.89. The van der Waals surface area contributed by atoms with E-state index in [1.165, 1.54) is 0 Å². The third-order valence-electron chi connectivity index (χ3n) is 3.51. The maximum atomic E-state index is 12.3. The minimum atomic E-state index is -0.103. The second-order valence-electron chi connectivity index (χ2n) is 5.34. The van der Waals surface area contributed by atoms with E-state index in [-0.39, 0.29) is 12.3 Å². The van der Waals surface area contributed by atoms with Crippen molar-refractivity contribution in [2.75, 3.05) is 38.5 Å². The van der Waals surface area contributed by atoms with Gasteiger partial charge in [-0.15, -0.1) is 0 Å². The molecular formula is C18H22N2O3. The first-order valence-corrected chi connectivity index (χ1v) is 7.31. The monoisotopic (exact) mass is 314 g/mol. The van der Waals surface area contributed by atoms with Crippen LogP contribution in [0.5, 0.6) is 11.5 Å². The van der Waals surface area contributed by atoms with Gasteiger partial charge < -0.3 is 19.7 Å². The molecule has 122 valence electrons. The highest BCUT2D eigenvalue weighted by molar-refractivity contribution is 5.92. The van der Waals surface area contributed by atoms with E-state index in [1.807, 2.05) is 49.3 Å². The summed E-state index contributed by atoms with van der Waals surface area (Å²) in [6.45, 7) is 0. The van der Waals surface area contributed by atoms with Crippen molar-refractivity contribution in [2.24, 2.45) is 0 Å². The van der Waals surface area contributed by atoms with Gasteiger partial charge in [0.15, 0.2) is 0 Å². The Hall–Kier alpha value is -2.69. The van der Waals surface area contributed by atoms with Crippen molar-refractivity contribution in [2.45, 2.75) is 6.42 Å². The van der Waals surface area contributed by atoms with Crippen molar-refractivity contribution in [1.82, 2.24) is 0 Å². The first-order valence-electron chi connectivity index (χ1n) is 7.31. The zero-order chi connectivity index (χ0) is 16.8. The molecule has 0 radical (unpaired) electrons. The fourth-order valence-corrected chi connectivity index (χ4v) is 2.24. The number of nitrogens with one attached hydrogen (secondary N) is 1. The van der Waals surface area contributed by atoms with Gasteiger partial charge in [-0.25, -0.2) is 0 Å². The number of amides is 1. The highest BCUT2D eigenvalue weighted by Crippen LogP contribution is 2.25. The predicted octanol–water partition coefficient (Wildman–Crippen LogP) is 2.95. The largest absolute Gasteiger partial charge is 0.497 e. The molecule has 0 saturated heterocycles. The molecule has 2 aromatic carbocycles. The lowest BCUT2D eigenvalue weighted by atomic mass is 10.1. The molecule has 0 aliphatic rings. The quantitative estimate of drug-likeness (QED) is 0.890. The molecule has 0 unspecified atom stereocenters. The van der Waals surface area contributed by atoms with E-state index in [1.54, 1.807) is 26.4 Å². The lowest BCUT2D eigenvalue weighted by Crippen LogP contribution is -2.15. The summed E-state index contributed by atoms with van der Waals surface area (Å²) in [5.41, 5.74) is 2.63. The zero-order valence-electron chi connectivity index (χ0n) is 13.9. The Bertz CT molecular complexity index is 666. The SMILES string of the molecule is COc1ccc(OC)c(CC(=O)Nc2ccc(N(C)C)cc2)c1.